The molecule has 0 rings (SSSR count). The van der Waals surface area contributed by atoms with Crippen LogP contribution >= 0.6 is 23.0 Å². The van der Waals surface area contributed by atoms with Crippen molar-refractivity contribution in [3.8, 4) is 0 Å². The molecule has 0 aromatic rings. The molecular formula is C6H8FIO. The van der Waals surface area contributed by atoms with Crippen molar-refractivity contribution in [3.05, 3.63) is 23.7 Å². The van der Waals surface area contributed by atoms with Crippen molar-refractivity contribution in [3.63, 3.8) is 0 Å². The van der Waals surface area contributed by atoms with Gasteiger partial charge in [0.1, 0.15) is 5.76 Å². The second-order valence-corrected chi connectivity index (χ2v) is 2.05. The zero-order valence-electron chi connectivity index (χ0n) is 5.32. The third-order valence-electron chi connectivity index (χ3n) is 0.669. The molecule has 0 spiro atoms. The van der Waals surface area contributed by atoms with E-state index in [0.29, 0.717) is 5.76 Å². The predicted octanol–water partition coefficient (Wildman–Crippen LogP) is 3.13. The van der Waals surface area contributed by atoms with Gasteiger partial charge >= 0.3 is 0 Å². The lowest BCUT2D eigenvalue weighted by atomic mass is 10.4. The molecule has 0 unspecified atom stereocenters. The molecular weight excluding hydrogens is 234 g/mol. The predicted molar refractivity (Wildman–Crippen MR) is 43.7 cm³/mol. The Morgan fingerprint density at radius 3 is 2.33 bits per heavy atom. The number of allylic oxidation sites excluding steroid dienone is 4. The molecule has 0 saturated carbocycles. The van der Waals surface area contributed by atoms with Gasteiger partial charge in [0.2, 0.25) is 0 Å². The van der Waals surface area contributed by atoms with Gasteiger partial charge in [-0.2, -0.15) is 0 Å². The van der Waals surface area contributed by atoms with Gasteiger partial charge < -0.3 is 3.07 Å². The first-order chi connectivity index (χ1) is 4.16. The second-order valence-electron chi connectivity index (χ2n) is 1.61. The average Bonchev–Trinajstić information content (AvgIpc) is 1.83. The fourth-order valence-electron chi connectivity index (χ4n) is 0.258. The summed E-state index contributed by atoms with van der Waals surface area (Å²) in [6.45, 7) is 3.14. The molecule has 0 bridgehead atoms. The van der Waals surface area contributed by atoms with Crippen LogP contribution in [0.2, 0.25) is 0 Å². The maximum Gasteiger partial charge on any atom is 0.192 e. The zero-order valence-corrected chi connectivity index (χ0v) is 7.48. The molecule has 52 valence electrons. The van der Waals surface area contributed by atoms with E-state index in [-0.39, 0.29) is 5.83 Å². The van der Waals surface area contributed by atoms with Crippen LogP contribution in [0.1, 0.15) is 13.8 Å². The van der Waals surface area contributed by atoms with Gasteiger partial charge in [-0.05, 0) is 26.0 Å². The maximum absolute atomic E-state index is 12.0. The third kappa shape index (κ3) is 5.82. The number of halogens is 2. The molecule has 0 aromatic carbocycles. The maximum atomic E-state index is 12.0. The lowest BCUT2D eigenvalue weighted by Gasteiger charge is -1.89. The van der Waals surface area contributed by atoms with Crippen LogP contribution in [0.4, 0.5) is 4.39 Å². The highest BCUT2D eigenvalue weighted by molar-refractivity contribution is 14.1. The van der Waals surface area contributed by atoms with Crippen molar-refractivity contribution in [2.24, 2.45) is 0 Å². The average molecular weight is 242 g/mol. The molecule has 0 amide bonds. The fourth-order valence-corrected chi connectivity index (χ4v) is 0.405. The van der Waals surface area contributed by atoms with E-state index in [1.165, 1.54) is 13.0 Å². The summed E-state index contributed by atoms with van der Waals surface area (Å²) in [6.07, 6.45) is 2.93. The number of hydrogen-bond acceptors (Lipinski definition) is 1. The summed E-state index contributed by atoms with van der Waals surface area (Å²) in [5, 5.41) is 0. The molecule has 0 aliphatic rings. The Balaban J connectivity index is 3.83. The Morgan fingerprint density at radius 2 is 2.00 bits per heavy atom. The summed E-state index contributed by atoms with van der Waals surface area (Å²) in [7, 11) is 0. The van der Waals surface area contributed by atoms with E-state index in [2.05, 4.69) is 0 Å². The summed E-state index contributed by atoms with van der Waals surface area (Å²) in [4.78, 5) is 0. The number of hydrogen-bond donors (Lipinski definition) is 0. The Morgan fingerprint density at radius 1 is 1.44 bits per heavy atom. The Kier molecular flexibility index (Phi) is 4.75. The highest BCUT2D eigenvalue weighted by Crippen LogP contribution is 2.02. The molecule has 0 saturated heterocycles. The van der Waals surface area contributed by atoms with E-state index in [1.807, 2.05) is 0 Å². The van der Waals surface area contributed by atoms with E-state index < -0.39 is 0 Å². The Labute approximate surface area is 68.3 Å². The van der Waals surface area contributed by atoms with Crippen LogP contribution in [0.5, 0.6) is 0 Å². The Hall–Kier alpha value is -0.0600. The molecule has 0 radical (unpaired) electrons. The summed E-state index contributed by atoms with van der Waals surface area (Å²) in [5.41, 5.74) is 0. The minimum atomic E-state index is -0.220. The quantitative estimate of drug-likeness (QED) is 0.410. The first-order valence-corrected chi connectivity index (χ1v) is 3.34. The SMILES string of the molecule is C/C(F)=C\C=C(/C)OI. The number of rotatable bonds is 2. The van der Waals surface area contributed by atoms with E-state index in [0.717, 1.165) is 0 Å². The van der Waals surface area contributed by atoms with E-state index in [9.17, 15) is 4.39 Å². The monoisotopic (exact) mass is 242 g/mol. The normalized spacial score (nSPS) is 13.8. The van der Waals surface area contributed by atoms with Gasteiger partial charge in [0, 0.05) is 0 Å². The van der Waals surface area contributed by atoms with Crippen LogP contribution in [0.25, 0.3) is 0 Å². The summed E-state index contributed by atoms with van der Waals surface area (Å²) < 4.78 is 16.7. The van der Waals surface area contributed by atoms with Crippen LogP contribution in [0.15, 0.2) is 23.7 Å². The first-order valence-electron chi connectivity index (χ1n) is 2.46. The molecule has 0 atom stereocenters. The highest BCUT2D eigenvalue weighted by Gasteiger charge is 1.82. The second kappa shape index (κ2) is 4.78. The van der Waals surface area contributed by atoms with Gasteiger partial charge in [0.15, 0.2) is 23.0 Å². The lowest BCUT2D eigenvalue weighted by molar-refractivity contribution is 0.563. The molecule has 1 nitrogen and oxygen atoms in total. The lowest BCUT2D eigenvalue weighted by Crippen LogP contribution is -1.69. The minimum Gasteiger partial charge on any atom is -0.433 e. The zero-order chi connectivity index (χ0) is 7.28. The largest absolute Gasteiger partial charge is 0.433 e. The van der Waals surface area contributed by atoms with Crippen molar-refractivity contribution >= 4 is 23.0 Å². The van der Waals surface area contributed by atoms with E-state index in [1.54, 1.807) is 36.0 Å². The highest BCUT2D eigenvalue weighted by atomic mass is 127. The third-order valence-corrected chi connectivity index (χ3v) is 1.36. The molecule has 0 aliphatic heterocycles. The molecule has 0 fully saturated rings. The van der Waals surface area contributed by atoms with Crippen LogP contribution in [0, 0.1) is 0 Å². The van der Waals surface area contributed by atoms with Gasteiger partial charge in [-0.1, -0.05) is 0 Å². The van der Waals surface area contributed by atoms with Crippen molar-refractivity contribution in [2.75, 3.05) is 0 Å². The molecule has 0 heterocycles. The fraction of sp³-hybridized carbons (Fsp3) is 0.333. The summed E-state index contributed by atoms with van der Waals surface area (Å²) >= 11 is 1.74. The molecule has 9 heavy (non-hydrogen) atoms. The van der Waals surface area contributed by atoms with Crippen molar-refractivity contribution in [1.82, 2.24) is 0 Å². The standard InChI is InChI=1S/C6H8FIO/c1-5(7)3-4-6(2)9-8/h3-4H,1-2H3/b5-3+,6-4+. The molecule has 0 aromatic heterocycles. The Bertz CT molecular complexity index is 136. The van der Waals surface area contributed by atoms with Crippen molar-refractivity contribution < 1.29 is 7.46 Å². The molecule has 0 N–H and O–H groups in total. The van der Waals surface area contributed by atoms with Crippen molar-refractivity contribution in [2.45, 2.75) is 13.8 Å². The summed E-state index contributed by atoms with van der Waals surface area (Å²) in [5.74, 6) is 0.468. The van der Waals surface area contributed by atoms with Gasteiger partial charge in [0.25, 0.3) is 0 Å². The van der Waals surface area contributed by atoms with Gasteiger partial charge in [-0.25, -0.2) is 4.39 Å². The smallest absolute Gasteiger partial charge is 0.192 e. The first kappa shape index (κ1) is 8.94. The van der Waals surface area contributed by atoms with Crippen LogP contribution in [-0.2, 0) is 3.07 Å². The van der Waals surface area contributed by atoms with Crippen LogP contribution in [0.3, 0.4) is 0 Å². The molecule has 3 heteroatoms. The summed E-state index contributed by atoms with van der Waals surface area (Å²) in [6, 6.07) is 0. The topological polar surface area (TPSA) is 9.23 Å². The van der Waals surface area contributed by atoms with Gasteiger partial charge in [0.05, 0.1) is 5.83 Å². The van der Waals surface area contributed by atoms with Crippen molar-refractivity contribution in [1.29, 1.82) is 0 Å². The van der Waals surface area contributed by atoms with Gasteiger partial charge in [-0.3, -0.25) is 0 Å². The minimum absolute atomic E-state index is 0.220. The molecule has 0 aliphatic carbocycles. The van der Waals surface area contributed by atoms with Crippen LogP contribution in [-0.4, -0.2) is 0 Å². The van der Waals surface area contributed by atoms with Gasteiger partial charge in [-0.15, -0.1) is 0 Å². The van der Waals surface area contributed by atoms with E-state index in [4.69, 9.17) is 3.07 Å². The van der Waals surface area contributed by atoms with E-state index >= 15 is 0 Å². The van der Waals surface area contributed by atoms with Crippen LogP contribution < -0.4 is 0 Å².